The summed E-state index contributed by atoms with van der Waals surface area (Å²) >= 11 is 2.77. The van der Waals surface area contributed by atoms with Gasteiger partial charge in [0.1, 0.15) is 33.8 Å². The fourth-order valence-electron chi connectivity index (χ4n) is 8.66. The number of allylic oxidation sites excluding steroid dienone is 4. The maximum atomic E-state index is 13.9. The molecular formula is C57H82F6N4O10S2. The molecule has 0 fully saturated rings. The first-order valence-electron chi connectivity index (χ1n) is 25.7. The van der Waals surface area contributed by atoms with E-state index in [9.17, 15) is 65.9 Å². The predicted molar refractivity (Wildman–Crippen MR) is 296 cm³/mol. The predicted octanol–water partition coefficient (Wildman–Crippen LogP) is 10.7. The molecule has 14 nitrogen and oxygen atoms in total. The van der Waals surface area contributed by atoms with E-state index in [2.05, 4.69) is 9.97 Å². The fourth-order valence-corrected chi connectivity index (χ4v) is 10.2. The second-order valence-electron chi connectivity index (χ2n) is 21.6. The minimum atomic E-state index is -4.63. The number of thiazole rings is 2. The van der Waals surface area contributed by atoms with Crippen LogP contribution in [-0.4, -0.2) is 122 Å². The van der Waals surface area contributed by atoms with Crippen molar-refractivity contribution < 1.29 is 75.4 Å². The van der Waals surface area contributed by atoms with Gasteiger partial charge in [-0.15, -0.1) is 22.7 Å². The van der Waals surface area contributed by atoms with Crippen LogP contribution in [-0.2, 0) is 41.7 Å². The summed E-state index contributed by atoms with van der Waals surface area (Å²) in [6.07, 6.45) is -8.30. The molecule has 0 radical (unpaired) electrons. The van der Waals surface area contributed by atoms with Crippen LogP contribution in [0.15, 0.2) is 69.5 Å². The molecule has 2 aliphatic rings. The molecule has 2 unspecified atom stereocenters. The number of rotatable bonds is 7. The highest BCUT2D eigenvalue weighted by molar-refractivity contribution is 7.10. The van der Waals surface area contributed by atoms with Crippen LogP contribution in [0.4, 0.5) is 26.3 Å². The summed E-state index contributed by atoms with van der Waals surface area (Å²) in [5, 5.41) is 48.0. The van der Waals surface area contributed by atoms with E-state index in [1.807, 2.05) is 24.4 Å². The number of carbonyl (C=O) groups excluding carboxylic acids is 4. The summed E-state index contributed by atoms with van der Waals surface area (Å²) in [6, 6.07) is 0. The van der Waals surface area contributed by atoms with E-state index in [0.717, 1.165) is 17.2 Å². The third-order valence-corrected chi connectivity index (χ3v) is 15.8. The van der Waals surface area contributed by atoms with Crippen LogP contribution < -0.4 is 5.73 Å². The number of nitrogens with two attached hydrogens (primary N) is 1. The lowest BCUT2D eigenvalue weighted by atomic mass is 9.73. The highest BCUT2D eigenvalue weighted by Gasteiger charge is 2.44. The van der Waals surface area contributed by atoms with Crippen LogP contribution in [0.3, 0.4) is 0 Å². The molecule has 6 N–H and O–H groups in total. The lowest BCUT2D eigenvalue weighted by Crippen LogP contribution is -2.45. The van der Waals surface area contributed by atoms with Gasteiger partial charge in [-0.05, 0) is 64.1 Å². The molecule has 79 heavy (non-hydrogen) atoms. The molecule has 22 heteroatoms. The molecule has 444 valence electrons. The van der Waals surface area contributed by atoms with Crippen LogP contribution in [0.1, 0.15) is 137 Å². The standard InChI is InChI=1S/C29H41F3N2O5S.C27H37F3N2O5S.CH4/c1-17-9-8-10-20(29(30,31)32)11-12-22(18(2)13-21-16-40-24(33-21)15-34(6)7)39-25(36)14-23(35)28(4,5)27(38)19(3)26(17)37;1-15-7-6-8-18(27(28,29)30)9-10-20(16(2)11-19-14-38-22(13-31)32-19)37-23(34)12-21(33)26(4,5)25(36)17(3)24(15)35;/h8-9,11,13,16-17,19,22-23,26,35,37H,10,12,14-15H2,1-7H3;6-7,9,11,14-15,17,20-21,24,33,35H,8,10,12-13,31H2,1-5H3;1H4/b9-8+,18-13+,20-11+;7-6+,16-11+,18-9+;/t17-,19+,22?,23-,26-;15-,17+,20?,21-,24-;/m00./s1. The molecule has 2 aliphatic heterocycles. The molecule has 0 aliphatic carbocycles. The summed E-state index contributed by atoms with van der Waals surface area (Å²) in [4.78, 5) is 62.9. The van der Waals surface area contributed by atoms with Crippen molar-refractivity contribution in [2.24, 2.45) is 40.2 Å². The Morgan fingerprint density at radius 2 is 1.04 bits per heavy atom. The van der Waals surface area contributed by atoms with E-state index in [1.165, 1.54) is 88.5 Å². The van der Waals surface area contributed by atoms with E-state index in [0.29, 0.717) is 34.1 Å². The van der Waals surface area contributed by atoms with E-state index >= 15 is 0 Å². The van der Waals surface area contributed by atoms with Crippen molar-refractivity contribution in [2.75, 3.05) is 14.1 Å². The number of nitrogens with zero attached hydrogens (tertiary/aromatic N) is 3. The van der Waals surface area contributed by atoms with Gasteiger partial charge in [-0.1, -0.05) is 99.3 Å². The Morgan fingerprint density at radius 3 is 1.37 bits per heavy atom. The fraction of sp³-hybridized carbons (Fsp3) is 0.614. The van der Waals surface area contributed by atoms with Crippen LogP contribution in [0, 0.1) is 34.5 Å². The quantitative estimate of drug-likeness (QED) is 0.0989. The molecular weight excluding hydrogens is 1080 g/mol. The number of ether oxygens (including phenoxy) is 2. The number of aromatic nitrogens is 2. The summed E-state index contributed by atoms with van der Waals surface area (Å²) in [7, 11) is 3.82. The zero-order valence-corrected chi connectivity index (χ0v) is 48.1. The maximum Gasteiger partial charge on any atom is 0.412 e. The molecule has 2 aromatic rings. The average Bonchev–Trinajstić information content (AvgIpc) is 4.00. The third-order valence-electron chi connectivity index (χ3n) is 14.1. The number of hydrogen-bond donors (Lipinski definition) is 5. The van der Waals surface area contributed by atoms with Gasteiger partial charge in [-0.2, -0.15) is 26.3 Å². The Kier molecular flexibility index (Phi) is 27.1. The highest BCUT2D eigenvalue weighted by atomic mass is 32.1. The van der Waals surface area contributed by atoms with Crippen molar-refractivity contribution in [1.82, 2.24) is 14.9 Å². The van der Waals surface area contributed by atoms with Gasteiger partial charge in [0.15, 0.2) is 0 Å². The third kappa shape index (κ3) is 21.0. The first-order chi connectivity index (χ1) is 36.0. The van der Waals surface area contributed by atoms with Crippen molar-refractivity contribution in [3.05, 3.63) is 90.9 Å². The topological polar surface area (TPSA) is 223 Å². The summed E-state index contributed by atoms with van der Waals surface area (Å²) < 4.78 is 94.0. The number of aliphatic hydroxyl groups is 4. The van der Waals surface area contributed by atoms with Crippen molar-refractivity contribution in [1.29, 1.82) is 0 Å². The first-order valence-corrected chi connectivity index (χ1v) is 27.4. The van der Waals surface area contributed by atoms with E-state index < -0.39 is 144 Å². The monoisotopic (exact) mass is 1160 g/mol. The van der Waals surface area contributed by atoms with Crippen LogP contribution in [0.25, 0.3) is 12.2 Å². The number of hydrogen-bond acceptors (Lipinski definition) is 16. The molecule has 0 aromatic carbocycles. The van der Waals surface area contributed by atoms with Crippen molar-refractivity contribution in [3.8, 4) is 0 Å². The van der Waals surface area contributed by atoms with Gasteiger partial charge in [0, 0.05) is 71.5 Å². The Morgan fingerprint density at radius 1 is 0.684 bits per heavy atom. The number of esters is 2. The second-order valence-corrected chi connectivity index (χ2v) is 23.5. The SMILES string of the molecule is C.C/C(=C\c1csc(CN(C)C)n1)C1C/C=C(/C(F)(F)F)C/C=C/[C@H](C)[C@H](O)[C@@H](C)C(=O)C(C)(C)[C@@H](O)CC(=O)O1.C/C(=C\c1csc(CN)n1)C1C/C=C(/C(F)(F)F)C/C=C/[C@H](C)[C@H](O)[C@@H](C)C(=O)C(C)(C)[C@@H](O)CC(=O)O1. The summed E-state index contributed by atoms with van der Waals surface area (Å²) in [5.74, 6) is -5.76. The van der Waals surface area contributed by atoms with Crippen LogP contribution in [0.2, 0.25) is 0 Å². The van der Waals surface area contributed by atoms with Gasteiger partial charge >= 0.3 is 24.3 Å². The second kappa shape index (κ2) is 30.4. The lowest BCUT2D eigenvalue weighted by Gasteiger charge is -2.34. The van der Waals surface area contributed by atoms with E-state index in [-0.39, 0.29) is 26.8 Å². The molecule has 4 rings (SSSR count). The minimum absolute atomic E-state index is 0. The Hall–Kier alpha value is -4.68. The molecule has 0 bridgehead atoms. The smallest absolute Gasteiger partial charge is 0.412 e. The van der Waals surface area contributed by atoms with Gasteiger partial charge in [0.2, 0.25) is 0 Å². The van der Waals surface area contributed by atoms with Crippen molar-refractivity contribution >= 4 is 58.3 Å². The summed E-state index contributed by atoms with van der Waals surface area (Å²) in [6.45, 7) is 16.3. The largest absolute Gasteiger partial charge is 0.457 e. The van der Waals surface area contributed by atoms with Crippen LogP contribution in [0.5, 0.6) is 0 Å². The van der Waals surface area contributed by atoms with Crippen molar-refractivity contribution in [2.45, 2.75) is 177 Å². The molecule has 10 atom stereocenters. The van der Waals surface area contributed by atoms with Crippen LogP contribution >= 0.6 is 22.7 Å². The molecule has 0 saturated carbocycles. The average molecular weight is 1160 g/mol. The molecule has 0 amide bonds. The Balaban J connectivity index is 0.000000534. The normalized spacial score (nSPS) is 30.1. The lowest BCUT2D eigenvalue weighted by molar-refractivity contribution is -0.155. The van der Waals surface area contributed by atoms with Gasteiger partial charge in [0.05, 0.1) is 59.5 Å². The van der Waals surface area contributed by atoms with Gasteiger partial charge in [0.25, 0.3) is 0 Å². The molecule has 4 heterocycles. The zero-order chi connectivity index (χ0) is 59.2. The highest BCUT2D eigenvalue weighted by Crippen LogP contribution is 2.36. The number of alkyl halides is 6. The number of halogens is 6. The number of ketones is 2. The Labute approximate surface area is 469 Å². The molecule has 2 aromatic heterocycles. The number of cyclic esters (lactones) is 2. The Bertz CT molecular complexity index is 2540. The first kappa shape index (κ1) is 70.4. The number of carbonyl (C=O) groups is 4. The van der Waals surface area contributed by atoms with E-state index in [4.69, 9.17) is 15.2 Å². The minimum Gasteiger partial charge on any atom is -0.457 e. The number of aliphatic hydroxyl groups excluding tert-OH is 4. The molecule has 0 saturated heterocycles. The van der Waals surface area contributed by atoms with E-state index in [1.54, 1.807) is 45.2 Å². The van der Waals surface area contributed by atoms with Gasteiger partial charge < -0.3 is 40.5 Å². The molecule has 0 spiro atoms. The summed E-state index contributed by atoms with van der Waals surface area (Å²) in [5.41, 5.74) is 3.25. The zero-order valence-electron chi connectivity index (χ0n) is 46.4. The maximum absolute atomic E-state index is 13.9. The van der Waals surface area contributed by atoms with Crippen molar-refractivity contribution in [3.63, 3.8) is 0 Å². The van der Waals surface area contributed by atoms with Gasteiger partial charge in [-0.25, -0.2) is 9.97 Å². The van der Waals surface area contributed by atoms with Gasteiger partial charge in [-0.3, -0.25) is 19.2 Å². The number of Topliss-reactive ketones (excluding diaryl/α,β-unsaturated/α-hetero) is 2.